The van der Waals surface area contributed by atoms with Crippen molar-refractivity contribution in [2.75, 3.05) is 6.16 Å². The predicted octanol–water partition coefficient (Wildman–Crippen LogP) is 4.66. The first kappa shape index (κ1) is 21.0. The van der Waals surface area contributed by atoms with Crippen molar-refractivity contribution in [1.82, 2.24) is 0 Å². The second-order valence-electron chi connectivity index (χ2n) is 8.62. The third-order valence-electron chi connectivity index (χ3n) is 6.28. The number of nitrogens with zero attached hydrogens (tertiary/aromatic N) is 2. The summed E-state index contributed by atoms with van der Waals surface area (Å²) in [6.45, 7) is 2.24. The Kier molecular flexibility index (Phi) is 6.20. The topological polar surface area (TPSA) is 24.8 Å². The van der Waals surface area contributed by atoms with Crippen molar-refractivity contribution in [2.45, 2.75) is 45.4 Å². The molecule has 4 rings (SSSR count). The van der Waals surface area contributed by atoms with E-state index >= 15 is 0 Å². The number of rotatable bonds is 8. The quantitative estimate of drug-likeness (QED) is 0.296. The van der Waals surface area contributed by atoms with Crippen LogP contribution in [0.3, 0.4) is 0 Å². The molecule has 0 spiro atoms. The van der Waals surface area contributed by atoms with E-state index in [-0.39, 0.29) is 0 Å². The lowest BCUT2D eigenvalue weighted by Gasteiger charge is -2.15. The summed E-state index contributed by atoms with van der Waals surface area (Å²) < 4.78 is 18.6. The summed E-state index contributed by atoms with van der Waals surface area (Å²) in [5, 5.41) is 2.11. The number of pyridine rings is 2. The largest absolute Gasteiger partial charge is 0.313 e. The van der Waals surface area contributed by atoms with Crippen molar-refractivity contribution in [1.29, 1.82) is 0 Å². The van der Waals surface area contributed by atoms with Crippen molar-refractivity contribution < 1.29 is 13.7 Å². The maximum absolute atomic E-state index is 14.5. The molecule has 0 amide bonds. The van der Waals surface area contributed by atoms with Crippen molar-refractivity contribution >= 4 is 17.8 Å². The van der Waals surface area contributed by atoms with Crippen LogP contribution in [0.5, 0.6) is 0 Å². The van der Waals surface area contributed by atoms with E-state index in [2.05, 4.69) is 68.1 Å². The number of hydrogen-bond donors (Lipinski definition) is 0. The summed E-state index contributed by atoms with van der Waals surface area (Å²) in [5.41, 5.74) is 4.63. The number of hydrogen-bond acceptors (Lipinski definition) is 1. The highest BCUT2D eigenvalue weighted by molar-refractivity contribution is 7.79. The molecule has 1 aliphatic heterocycles. The highest BCUT2D eigenvalue weighted by Gasteiger charge is 2.40. The van der Waals surface area contributed by atoms with Crippen LogP contribution in [-0.4, -0.2) is 6.16 Å². The van der Waals surface area contributed by atoms with Gasteiger partial charge in [-0.25, -0.2) is 9.13 Å². The van der Waals surface area contributed by atoms with Gasteiger partial charge in [-0.2, -0.15) is 0 Å². The van der Waals surface area contributed by atoms with Crippen LogP contribution in [0.4, 0.5) is 0 Å². The number of unbranched alkanes of at least 4 members (excludes halogenated alkanes) is 5. The third-order valence-corrected chi connectivity index (χ3v) is 9.51. The smallest absolute Gasteiger partial charge is 0.180 e. The molecule has 0 saturated heterocycles. The van der Waals surface area contributed by atoms with Crippen molar-refractivity contribution in [3.63, 3.8) is 0 Å². The molecular formula is C26H33N2OP+2. The van der Waals surface area contributed by atoms with E-state index in [1.54, 1.807) is 0 Å². The molecule has 2 aromatic heterocycles. The second kappa shape index (κ2) is 8.86. The molecule has 4 heteroatoms. The van der Waals surface area contributed by atoms with E-state index in [4.69, 9.17) is 0 Å². The number of aromatic nitrogens is 2. The third kappa shape index (κ3) is 4.01. The fourth-order valence-electron chi connectivity index (χ4n) is 4.52. The zero-order valence-corrected chi connectivity index (χ0v) is 19.4. The predicted molar refractivity (Wildman–Crippen MR) is 125 cm³/mol. The molecule has 0 bridgehead atoms. The molecule has 1 aliphatic rings. The fourth-order valence-corrected chi connectivity index (χ4v) is 7.81. The van der Waals surface area contributed by atoms with Crippen molar-refractivity contribution in [3.8, 4) is 22.3 Å². The zero-order chi connectivity index (χ0) is 21.1. The van der Waals surface area contributed by atoms with Gasteiger partial charge in [0.1, 0.15) is 21.2 Å². The van der Waals surface area contributed by atoms with Crippen LogP contribution >= 0.6 is 7.14 Å². The Morgan fingerprint density at radius 1 is 0.733 bits per heavy atom. The maximum atomic E-state index is 14.5. The van der Waals surface area contributed by atoms with E-state index in [0.717, 1.165) is 39.9 Å². The van der Waals surface area contributed by atoms with Gasteiger partial charge in [0.2, 0.25) is 0 Å². The Labute approximate surface area is 180 Å². The molecule has 1 atom stereocenters. The monoisotopic (exact) mass is 420 g/mol. The standard InChI is InChI=1S/C26H33N2OP/c1-4-5-6-7-8-9-18-30(29)25-19-22(21-12-15-27(2)16-13-21)10-11-23(25)24-14-17-28(3)20-26(24)30/h10-17,19-20H,4-9,18H2,1-3H3/q+2. The van der Waals surface area contributed by atoms with Gasteiger partial charge in [-0.3, -0.25) is 0 Å². The van der Waals surface area contributed by atoms with Gasteiger partial charge < -0.3 is 4.57 Å². The summed E-state index contributed by atoms with van der Waals surface area (Å²) in [4.78, 5) is 0. The van der Waals surface area contributed by atoms with E-state index in [0.29, 0.717) is 0 Å². The Hall–Kier alpha value is -2.25. The summed E-state index contributed by atoms with van der Waals surface area (Å²) >= 11 is 0. The van der Waals surface area contributed by atoms with E-state index in [1.165, 1.54) is 37.7 Å². The molecule has 0 radical (unpaired) electrons. The highest BCUT2D eigenvalue weighted by atomic mass is 31.2. The van der Waals surface area contributed by atoms with E-state index in [9.17, 15) is 4.57 Å². The fraction of sp³-hybridized carbons (Fsp3) is 0.385. The summed E-state index contributed by atoms with van der Waals surface area (Å²) in [5.74, 6) is 0. The Morgan fingerprint density at radius 2 is 1.40 bits per heavy atom. The van der Waals surface area contributed by atoms with E-state index < -0.39 is 7.14 Å². The van der Waals surface area contributed by atoms with Crippen LogP contribution in [-0.2, 0) is 18.7 Å². The maximum Gasteiger partial charge on any atom is 0.180 e. The summed E-state index contributed by atoms with van der Waals surface area (Å²) in [6, 6.07) is 12.9. The molecule has 156 valence electrons. The molecule has 0 saturated carbocycles. The van der Waals surface area contributed by atoms with Gasteiger partial charge in [0, 0.05) is 35.2 Å². The summed E-state index contributed by atoms with van der Waals surface area (Å²) in [7, 11) is 1.43. The number of aryl methyl sites for hydroxylation is 2. The van der Waals surface area contributed by atoms with Crippen LogP contribution in [0, 0.1) is 0 Å². The molecule has 1 aromatic carbocycles. The number of benzene rings is 1. The molecule has 1 unspecified atom stereocenters. The average Bonchev–Trinajstić information content (AvgIpc) is 2.99. The van der Waals surface area contributed by atoms with Crippen molar-refractivity contribution in [2.24, 2.45) is 14.1 Å². The van der Waals surface area contributed by atoms with Crippen molar-refractivity contribution in [3.05, 3.63) is 61.2 Å². The van der Waals surface area contributed by atoms with Gasteiger partial charge in [-0.1, -0.05) is 51.2 Å². The van der Waals surface area contributed by atoms with Crippen LogP contribution in [0.1, 0.15) is 45.4 Å². The minimum Gasteiger partial charge on any atom is -0.313 e. The van der Waals surface area contributed by atoms with Gasteiger partial charge in [0.05, 0.1) is 5.30 Å². The Bertz CT molecular complexity index is 1090. The Balaban J connectivity index is 1.69. The average molecular weight is 421 g/mol. The normalized spacial score (nSPS) is 17.0. The molecule has 3 aromatic rings. The minimum absolute atomic E-state index is 0.774. The first-order valence-electron chi connectivity index (χ1n) is 11.2. The molecule has 0 aliphatic carbocycles. The lowest BCUT2D eigenvalue weighted by molar-refractivity contribution is -0.671. The van der Waals surface area contributed by atoms with Crippen LogP contribution < -0.4 is 19.7 Å². The molecule has 3 nitrogen and oxygen atoms in total. The van der Waals surface area contributed by atoms with Gasteiger partial charge in [0.25, 0.3) is 0 Å². The van der Waals surface area contributed by atoms with Crippen LogP contribution in [0.15, 0.2) is 61.2 Å². The molecule has 0 fully saturated rings. The number of fused-ring (bicyclic) bond motifs is 3. The van der Waals surface area contributed by atoms with Gasteiger partial charge in [-0.15, -0.1) is 0 Å². The second-order valence-corrected chi connectivity index (χ2v) is 11.5. The zero-order valence-electron chi connectivity index (χ0n) is 18.5. The molecule has 0 N–H and O–H groups in total. The SMILES string of the molecule is CCCCCCCCP1(=O)c2cc(-c3cc[n+](C)cc3)ccc2-c2cc[n+](C)cc21. The van der Waals surface area contributed by atoms with Crippen LogP contribution in [0.25, 0.3) is 22.3 Å². The minimum atomic E-state index is -2.62. The summed E-state index contributed by atoms with van der Waals surface area (Å²) in [6.07, 6.45) is 16.4. The van der Waals surface area contributed by atoms with Gasteiger partial charge in [0.15, 0.2) is 24.8 Å². The first-order valence-corrected chi connectivity index (χ1v) is 13.1. The molecule has 3 heterocycles. The highest BCUT2D eigenvalue weighted by Crippen LogP contribution is 2.53. The molecular weight excluding hydrogens is 387 g/mol. The van der Waals surface area contributed by atoms with E-state index in [1.807, 2.05) is 23.2 Å². The lowest BCUT2D eigenvalue weighted by Crippen LogP contribution is -2.31. The molecule has 30 heavy (non-hydrogen) atoms. The Morgan fingerprint density at radius 3 is 2.17 bits per heavy atom. The first-order chi connectivity index (χ1) is 14.5. The lowest BCUT2D eigenvalue weighted by atomic mass is 10.0. The van der Waals surface area contributed by atoms with Gasteiger partial charge in [-0.05, 0) is 29.2 Å². The van der Waals surface area contributed by atoms with Crippen LogP contribution in [0.2, 0.25) is 0 Å². The van der Waals surface area contributed by atoms with Gasteiger partial charge >= 0.3 is 0 Å².